The van der Waals surface area contributed by atoms with Crippen LogP contribution in [-0.4, -0.2) is 35.5 Å². The van der Waals surface area contributed by atoms with Crippen LogP contribution in [0.25, 0.3) is 11.0 Å². The van der Waals surface area contributed by atoms with Crippen LogP contribution in [-0.2, 0) is 16.6 Å². The molecule has 9 heteroatoms. The van der Waals surface area contributed by atoms with Crippen molar-refractivity contribution in [3.63, 3.8) is 0 Å². The predicted molar refractivity (Wildman–Crippen MR) is 91.2 cm³/mol. The minimum Gasteiger partial charge on any atom is -0.461 e. The molecule has 7 nitrogen and oxygen atoms in total. The van der Waals surface area contributed by atoms with Gasteiger partial charge in [0.2, 0.25) is 10.0 Å². The molecule has 0 aliphatic heterocycles. The SMILES string of the molecule is O=S(=O)(N[C@@H]1CC(Cn2cccn2)C[C@H]1O)c1ccc(F)c2occc12. The highest BCUT2D eigenvalue weighted by molar-refractivity contribution is 7.89. The lowest BCUT2D eigenvalue weighted by Crippen LogP contribution is -2.39. The van der Waals surface area contributed by atoms with Crippen molar-refractivity contribution in [1.82, 2.24) is 14.5 Å². The summed E-state index contributed by atoms with van der Waals surface area (Å²) in [7, 11) is -3.93. The fraction of sp³-hybridized carbons (Fsp3) is 0.353. The number of aliphatic hydroxyl groups is 1. The summed E-state index contributed by atoms with van der Waals surface area (Å²) in [5, 5.41) is 14.6. The molecule has 1 fully saturated rings. The number of rotatable bonds is 5. The molecule has 2 heterocycles. The first-order valence-electron chi connectivity index (χ1n) is 8.27. The highest BCUT2D eigenvalue weighted by Crippen LogP contribution is 2.31. The molecule has 0 spiro atoms. The number of halogens is 1. The van der Waals surface area contributed by atoms with E-state index in [1.807, 2.05) is 12.3 Å². The Hall–Kier alpha value is -2.23. The van der Waals surface area contributed by atoms with Gasteiger partial charge in [-0.1, -0.05) is 0 Å². The Labute approximate surface area is 149 Å². The van der Waals surface area contributed by atoms with Crippen molar-refractivity contribution in [1.29, 1.82) is 0 Å². The summed E-state index contributed by atoms with van der Waals surface area (Å²) < 4.78 is 48.6. The van der Waals surface area contributed by atoms with Gasteiger partial charge in [0.1, 0.15) is 0 Å². The second-order valence-electron chi connectivity index (χ2n) is 6.57. The van der Waals surface area contributed by atoms with Gasteiger partial charge < -0.3 is 9.52 Å². The van der Waals surface area contributed by atoms with Gasteiger partial charge in [0.05, 0.1) is 17.3 Å². The molecule has 0 bridgehead atoms. The number of benzene rings is 1. The molecule has 1 aliphatic rings. The maximum atomic E-state index is 13.7. The molecule has 1 aliphatic carbocycles. The van der Waals surface area contributed by atoms with E-state index in [4.69, 9.17) is 4.42 Å². The number of nitrogens with one attached hydrogen (secondary N) is 1. The van der Waals surface area contributed by atoms with Crippen LogP contribution in [0.15, 0.2) is 52.2 Å². The van der Waals surface area contributed by atoms with Crippen molar-refractivity contribution >= 4 is 21.0 Å². The molecule has 1 saturated carbocycles. The molecule has 1 aromatic carbocycles. The number of furan rings is 1. The molecule has 0 radical (unpaired) electrons. The first-order chi connectivity index (χ1) is 12.4. The first kappa shape index (κ1) is 17.2. The van der Waals surface area contributed by atoms with Crippen molar-refractivity contribution in [2.75, 3.05) is 0 Å². The molecule has 2 N–H and O–H groups in total. The van der Waals surface area contributed by atoms with Crippen LogP contribution in [0.2, 0.25) is 0 Å². The minimum absolute atomic E-state index is 0.0645. The highest BCUT2D eigenvalue weighted by atomic mass is 32.2. The number of hydrogen-bond donors (Lipinski definition) is 2. The Morgan fingerprint density at radius 3 is 2.96 bits per heavy atom. The third kappa shape index (κ3) is 3.13. The van der Waals surface area contributed by atoms with Crippen molar-refractivity contribution in [2.45, 2.75) is 36.4 Å². The van der Waals surface area contributed by atoms with Crippen molar-refractivity contribution in [2.24, 2.45) is 5.92 Å². The van der Waals surface area contributed by atoms with Gasteiger partial charge >= 0.3 is 0 Å². The van der Waals surface area contributed by atoms with Gasteiger partial charge in [0, 0.05) is 30.4 Å². The summed E-state index contributed by atoms with van der Waals surface area (Å²) in [5.41, 5.74) is -0.101. The number of sulfonamides is 1. The van der Waals surface area contributed by atoms with E-state index in [0.717, 1.165) is 6.07 Å². The molecular weight excluding hydrogens is 361 g/mol. The quantitative estimate of drug-likeness (QED) is 0.706. The van der Waals surface area contributed by atoms with Crippen molar-refractivity contribution in [3.05, 3.63) is 48.7 Å². The molecule has 26 heavy (non-hydrogen) atoms. The molecule has 138 valence electrons. The zero-order valence-corrected chi connectivity index (χ0v) is 14.6. The number of aromatic nitrogens is 2. The van der Waals surface area contributed by atoms with Crippen LogP contribution < -0.4 is 4.72 Å². The van der Waals surface area contributed by atoms with Crippen molar-refractivity contribution in [3.8, 4) is 0 Å². The number of fused-ring (bicyclic) bond motifs is 1. The van der Waals surface area contributed by atoms with Crippen LogP contribution in [0.5, 0.6) is 0 Å². The number of nitrogens with zero attached hydrogens (tertiary/aromatic N) is 2. The Kier molecular flexibility index (Phi) is 4.29. The Morgan fingerprint density at radius 2 is 2.19 bits per heavy atom. The summed E-state index contributed by atoms with van der Waals surface area (Å²) in [4.78, 5) is -0.0645. The largest absolute Gasteiger partial charge is 0.461 e. The minimum atomic E-state index is -3.93. The van der Waals surface area contributed by atoms with E-state index in [-0.39, 0.29) is 21.8 Å². The van der Waals surface area contributed by atoms with Gasteiger partial charge in [0.15, 0.2) is 11.4 Å². The molecule has 0 saturated heterocycles. The maximum absolute atomic E-state index is 13.7. The number of hydrogen-bond acceptors (Lipinski definition) is 5. The van der Waals surface area contributed by atoms with E-state index in [1.54, 1.807) is 10.9 Å². The van der Waals surface area contributed by atoms with E-state index in [0.29, 0.717) is 19.4 Å². The fourth-order valence-electron chi connectivity index (χ4n) is 3.57. The monoisotopic (exact) mass is 379 g/mol. The van der Waals surface area contributed by atoms with E-state index in [2.05, 4.69) is 9.82 Å². The van der Waals surface area contributed by atoms with E-state index in [1.165, 1.54) is 18.4 Å². The highest BCUT2D eigenvalue weighted by Gasteiger charge is 2.36. The summed E-state index contributed by atoms with van der Waals surface area (Å²) in [6, 6.07) is 4.89. The van der Waals surface area contributed by atoms with Crippen LogP contribution in [0, 0.1) is 11.7 Å². The number of aliphatic hydroxyl groups excluding tert-OH is 1. The average molecular weight is 379 g/mol. The zero-order valence-electron chi connectivity index (χ0n) is 13.7. The molecule has 4 rings (SSSR count). The maximum Gasteiger partial charge on any atom is 0.241 e. The Bertz CT molecular complexity index is 1020. The summed E-state index contributed by atoms with van der Waals surface area (Å²) >= 11 is 0. The first-order valence-corrected chi connectivity index (χ1v) is 9.76. The second-order valence-corrected chi connectivity index (χ2v) is 8.25. The molecule has 1 unspecified atom stereocenters. The van der Waals surface area contributed by atoms with Crippen molar-refractivity contribution < 1.29 is 22.3 Å². The molecule has 3 atom stereocenters. The average Bonchev–Trinajstić information content (AvgIpc) is 3.30. The summed E-state index contributed by atoms with van der Waals surface area (Å²) in [6.07, 6.45) is 4.95. The normalized spacial score (nSPS) is 23.7. The van der Waals surface area contributed by atoms with Crippen LogP contribution in [0.4, 0.5) is 4.39 Å². The third-order valence-electron chi connectivity index (χ3n) is 4.76. The lowest BCUT2D eigenvalue weighted by molar-refractivity contribution is 0.154. The lowest BCUT2D eigenvalue weighted by atomic mass is 10.1. The molecular formula is C17H18FN3O4S. The van der Waals surface area contributed by atoms with Gasteiger partial charge in [-0.15, -0.1) is 0 Å². The van der Waals surface area contributed by atoms with Crippen LogP contribution in [0.1, 0.15) is 12.8 Å². The Balaban J connectivity index is 1.54. The van der Waals surface area contributed by atoms with E-state index in [9.17, 15) is 17.9 Å². The summed E-state index contributed by atoms with van der Waals surface area (Å²) in [6.45, 7) is 0.616. The zero-order chi connectivity index (χ0) is 18.3. The van der Waals surface area contributed by atoms with Gasteiger partial charge in [-0.05, 0) is 43.0 Å². The van der Waals surface area contributed by atoms with E-state index < -0.39 is 28.0 Å². The van der Waals surface area contributed by atoms with Crippen LogP contribution >= 0.6 is 0 Å². The van der Waals surface area contributed by atoms with Crippen LogP contribution in [0.3, 0.4) is 0 Å². The lowest BCUT2D eigenvalue weighted by Gasteiger charge is -2.17. The van der Waals surface area contributed by atoms with Gasteiger partial charge in [-0.2, -0.15) is 5.10 Å². The molecule has 2 aromatic heterocycles. The fourth-order valence-corrected chi connectivity index (χ4v) is 5.04. The Morgan fingerprint density at radius 1 is 1.35 bits per heavy atom. The second kappa shape index (κ2) is 6.49. The predicted octanol–water partition coefficient (Wildman–Crippen LogP) is 1.89. The summed E-state index contributed by atoms with van der Waals surface area (Å²) in [5.74, 6) is -0.510. The van der Waals surface area contributed by atoms with Gasteiger partial charge in [0.25, 0.3) is 0 Å². The topological polar surface area (TPSA) is 97.4 Å². The molecule has 0 amide bonds. The van der Waals surface area contributed by atoms with Gasteiger partial charge in [-0.25, -0.2) is 17.5 Å². The van der Waals surface area contributed by atoms with Gasteiger partial charge in [-0.3, -0.25) is 4.68 Å². The van der Waals surface area contributed by atoms with E-state index >= 15 is 0 Å². The standard InChI is InChI=1S/C17H18FN3O4S/c18-13-2-3-16(12-4-7-25-17(12)13)26(23,24)20-14-8-11(9-15(14)22)10-21-6-1-5-19-21/h1-7,11,14-15,20,22H,8-10H2/t11?,14-,15-/m1/s1. The third-order valence-corrected chi connectivity index (χ3v) is 6.30. The smallest absolute Gasteiger partial charge is 0.241 e. The molecule has 3 aromatic rings.